The number of aliphatic hydroxyl groups excluding tert-OH is 1. The van der Waals surface area contributed by atoms with E-state index < -0.39 is 16.1 Å². The van der Waals surface area contributed by atoms with Crippen molar-refractivity contribution in [2.75, 3.05) is 19.8 Å². The second-order valence-electron chi connectivity index (χ2n) is 5.13. The van der Waals surface area contributed by atoms with E-state index in [4.69, 9.17) is 4.74 Å². The maximum atomic E-state index is 12.2. The zero-order chi connectivity index (χ0) is 15.3. The minimum atomic E-state index is -3.55. The molecule has 1 fully saturated rings. The van der Waals surface area contributed by atoms with Crippen molar-refractivity contribution in [1.82, 2.24) is 4.72 Å². The normalized spacial score (nSPS) is 18.6. The summed E-state index contributed by atoms with van der Waals surface area (Å²) in [5.74, 6) is 0.201. The fourth-order valence-corrected chi connectivity index (χ4v) is 4.47. The number of halogens is 1. The Balaban J connectivity index is 1.86. The summed E-state index contributed by atoms with van der Waals surface area (Å²) < 4.78 is 32.7. The molecule has 1 aromatic carbocycles. The second kappa shape index (κ2) is 7.69. The summed E-state index contributed by atoms with van der Waals surface area (Å²) in [5, 5.41) is 10.1. The molecule has 0 radical (unpaired) electrons. The molecule has 2 N–H and O–H groups in total. The maximum Gasteiger partial charge on any atom is 0.241 e. The first kappa shape index (κ1) is 16.9. The lowest BCUT2D eigenvalue weighted by Gasteiger charge is -2.26. The number of ether oxygens (including phenoxy) is 1. The number of aliphatic hydroxyl groups is 1. The Hall–Kier alpha value is -0.470. The summed E-state index contributed by atoms with van der Waals surface area (Å²) in [6, 6.07) is 6.67. The van der Waals surface area contributed by atoms with E-state index in [1.807, 2.05) is 0 Å². The highest BCUT2D eigenvalue weighted by atomic mass is 79.9. The van der Waals surface area contributed by atoms with Gasteiger partial charge in [-0.3, -0.25) is 0 Å². The second-order valence-corrected chi connectivity index (χ2v) is 7.72. The molecule has 0 aromatic heterocycles. The molecule has 0 amide bonds. The molecular weight excluding hydrogens is 358 g/mol. The van der Waals surface area contributed by atoms with Gasteiger partial charge in [0, 0.05) is 24.2 Å². The Morgan fingerprint density at radius 2 is 2.00 bits per heavy atom. The lowest BCUT2D eigenvalue weighted by Crippen LogP contribution is -2.32. The Morgan fingerprint density at radius 1 is 1.33 bits per heavy atom. The zero-order valence-corrected chi connectivity index (χ0v) is 14.1. The van der Waals surface area contributed by atoms with Gasteiger partial charge in [-0.2, -0.15) is 0 Å². The Morgan fingerprint density at radius 3 is 2.67 bits per heavy atom. The molecule has 2 rings (SSSR count). The zero-order valence-electron chi connectivity index (χ0n) is 11.7. The van der Waals surface area contributed by atoms with Gasteiger partial charge in [0.05, 0.1) is 11.0 Å². The van der Waals surface area contributed by atoms with Crippen molar-refractivity contribution >= 4 is 26.0 Å². The molecule has 0 unspecified atom stereocenters. The minimum Gasteiger partial charge on any atom is -0.393 e. The van der Waals surface area contributed by atoms with Crippen LogP contribution in [0.3, 0.4) is 0 Å². The van der Waals surface area contributed by atoms with Crippen LogP contribution in [0.1, 0.15) is 19.3 Å². The number of rotatable bonds is 6. The van der Waals surface area contributed by atoms with E-state index in [9.17, 15) is 13.5 Å². The van der Waals surface area contributed by atoms with Crippen molar-refractivity contribution in [3.05, 3.63) is 28.7 Å². The van der Waals surface area contributed by atoms with Gasteiger partial charge < -0.3 is 9.84 Å². The summed E-state index contributed by atoms with van der Waals surface area (Å²) in [6.07, 6.45) is 1.58. The van der Waals surface area contributed by atoms with Crippen LogP contribution in [-0.2, 0) is 14.8 Å². The van der Waals surface area contributed by atoms with Gasteiger partial charge in [0.15, 0.2) is 0 Å². The van der Waals surface area contributed by atoms with Crippen LogP contribution in [0.25, 0.3) is 0 Å². The molecule has 118 valence electrons. The van der Waals surface area contributed by atoms with E-state index in [2.05, 4.69) is 20.7 Å². The van der Waals surface area contributed by atoms with Crippen LogP contribution < -0.4 is 4.72 Å². The van der Waals surface area contributed by atoms with E-state index in [0.717, 1.165) is 12.8 Å². The quantitative estimate of drug-likeness (QED) is 0.793. The fraction of sp³-hybridized carbons (Fsp3) is 0.571. The standard InChI is InChI=1S/C14H20BrNO4S/c15-12-3-1-2-4-14(12)21(18,19)16-8-5-13(17)11-6-9-20-10-7-11/h1-4,11,13,16-17H,5-10H2/t13-/m1/s1. The topological polar surface area (TPSA) is 75.6 Å². The van der Waals surface area contributed by atoms with E-state index in [1.165, 1.54) is 0 Å². The van der Waals surface area contributed by atoms with Crippen molar-refractivity contribution < 1.29 is 18.3 Å². The number of hydrogen-bond donors (Lipinski definition) is 2. The number of hydrogen-bond acceptors (Lipinski definition) is 4. The summed E-state index contributed by atoms with van der Waals surface area (Å²) >= 11 is 3.23. The monoisotopic (exact) mass is 377 g/mol. The molecule has 1 saturated heterocycles. The van der Waals surface area contributed by atoms with Crippen LogP contribution in [0.5, 0.6) is 0 Å². The van der Waals surface area contributed by atoms with Crippen molar-refractivity contribution in [1.29, 1.82) is 0 Å². The summed E-state index contributed by atoms with van der Waals surface area (Å²) in [4.78, 5) is 0.213. The summed E-state index contributed by atoms with van der Waals surface area (Å²) in [6.45, 7) is 1.57. The average molecular weight is 378 g/mol. The van der Waals surface area contributed by atoms with Crippen LogP contribution in [0.15, 0.2) is 33.6 Å². The van der Waals surface area contributed by atoms with E-state index in [1.54, 1.807) is 24.3 Å². The number of benzene rings is 1. The van der Waals surface area contributed by atoms with Crippen LogP contribution >= 0.6 is 15.9 Å². The van der Waals surface area contributed by atoms with Gasteiger partial charge in [0.25, 0.3) is 0 Å². The molecule has 1 aliphatic rings. The molecule has 1 heterocycles. The number of sulfonamides is 1. The predicted molar refractivity (Wildman–Crippen MR) is 83.5 cm³/mol. The highest BCUT2D eigenvalue weighted by molar-refractivity contribution is 9.10. The Labute approximate surface area is 133 Å². The maximum absolute atomic E-state index is 12.2. The molecule has 5 nitrogen and oxygen atoms in total. The van der Waals surface area contributed by atoms with Gasteiger partial charge in [-0.1, -0.05) is 12.1 Å². The molecule has 1 atom stereocenters. The average Bonchev–Trinajstić information content (AvgIpc) is 2.48. The lowest BCUT2D eigenvalue weighted by molar-refractivity contribution is 0.00567. The SMILES string of the molecule is O=S(=O)(NCC[C@@H](O)C1CCOCC1)c1ccccc1Br. The van der Waals surface area contributed by atoms with Gasteiger partial charge in [0.2, 0.25) is 10.0 Å². The van der Waals surface area contributed by atoms with E-state index in [0.29, 0.717) is 24.1 Å². The van der Waals surface area contributed by atoms with Gasteiger partial charge in [0.1, 0.15) is 0 Å². The highest BCUT2D eigenvalue weighted by Crippen LogP contribution is 2.22. The molecule has 0 bridgehead atoms. The molecule has 7 heteroatoms. The molecular formula is C14H20BrNO4S. The van der Waals surface area contributed by atoms with E-state index in [-0.39, 0.29) is 17.4 Å². The number of nitrogens with one attached hydrogen (secondary N) is 1. The summed E-state index contributed by atoms with van der Waals surface area (Å²) in [5.41, 5.74) is 0. The molecule has 21 heavy (non-hydrogen) atoms. The van der Waals surface area contributed by atoms with Crippen molar-refractivity contribution in [3.63, 3.8) is 0 Å². The minimum absolute atomic E-state index is 0.201. The van der Waals surface area contributed by atoms with Gasteiger partial charge in [-0.15, -0.1) is 0 Å². The first-order valence-corrected chi connectivity index (χ1v) is 9.28. The first-order valence-electron chi connectivity index (χ1n) is 7.01. The van der Waals surface area contributed by atoms with Crippen LogP contribution in [0.2, 0.25) is 0 Å². The molecule has 0 aliphatic carbocycles. The first-order chi connectivity index (χ1) is 10.0. The Kier molecular flexibility index (Phi) is 6.19. The largest absolute Gasteiger partial charge is 0.393 e. The molecule has 1 aliphatic heterocycles. The third kappa shape index (κ3) is 4.75. The van der Waals surface area contributed by atoms with Crippen molar-refractivity contribution in [2.45, 2.75) is 30.3 Å². The predicted octanol–water partition coefficient (Wildman–Crippen LogP) is 1.90. The lowest BCUT2D eigenvalue weighted by atomic mass is 9.92. The Bertz CT molecular complexity index is 558. The van der Waals surface area contributed by atoms with Crippen molar-refractivity contribution in [2.24, 2.45) is 5.92 Å². The van der Waals surface area contributed by atoms with Crippen LogP contribution in [0, 0.1) is 5.92 Å². The third-order valence-corrected chi connectivity index (χ3v) is 6.14. The molecule has 0 spiro atoms. The van der Waals surface area contributed by atoms with Crippen LogP contribution in [-0.4, -0.2) is 39.4 Å². The van der Waals surface area contributed by atoms with Gasteiger partial charge >= 0.3 is 0 Å². The molecule has 1 aromatic rings. The van der Waals surface area contributed by atoms with Crippen molar-refractivity contribution in [3.8, 4) is 0 Å². The summed E-state index contributed by atoms with van der Waals surface area (Å²) in [7, 11) is -3.55. The highest BCUT2D eigenvalue weighted by Gasteiger charge is 2.23. The van der Waals surface area contributed by atoms with E-state index >= 15 is 0 Å². The smallest absolute Gasteiger partial charge is 0.241 e. The van der Waals surface area contributed by atoms with Gasteiger partial charge in [-0.05, 0) is 53.2 Å². The fourth-order valence-electron chi connectivity index (χ4n) is 2.42. The van der Waals surface area contributed by atoms with Gasteiger partial charge in [-0.25, -0.2) is 13.1 Å². The van der Waals surface area contributed by atoms with Crippen LogP contribution in [0.4, 0.5) is 0 Å². The molecule has 0 saturated carbocycles. The third-order valence-electron chi connectivity index (χ3n) is 3.67.